The molecule has 1 fully saturated rings. The average Bonchev–Trinajstić information content (AvgIpc) is 3.24. The zero-order valence-corrected chi connectivity index (χ0v) is 13.9. The number of hydrogen-bond donors (Lipinski definition) is 1. The van der Waals surface area contributed by atoms with Crippen molar-refractivity contribution in [2.45, 2.75) is 37.5 Å². The number of carboxylic acid groups (broad SMARTS) is 1. The number of carboxylic acids is 1. The Morgan fingerprint density at radius 1 is 1.36 bits per heavy atom. The van der Waals surface area contributed by atoms with E-state index in [1.807, 2.05) is 28.9 Å². The first-order valence-corrected chi connectivity index (χ1v) is 8.43. The van der Waals surface area contributed by atoms with Crippen molar-refractivity contribution >= 4 is 11.6 Å². The Bertz CT molecular complexity index is 965. The largest absolute Gasteiger partial charge is 0.481 e. The lowest BCUT2D eigenvalue weighted by molar-refractivity contribution is -0.143. The van der Waals surface area contributed by atoms with Gasteiger partial charge in [0.05, 0.1) is 5.41 Å². The fourth-order valence-electron chi connectivity index (χ4n) is 4.19. The van der Waals surface area contributed by atoms with E-state index in [4.69, 9.17) is 0 Å². The molecule has 1 N–H and O–H groups in total. The maximum atomic E-state index is 14.0. The molecule has 0 saturated heterocycles. The van der Waals surface area contributed by atoms with Crippen LogP contribution in [0, 0.1) is 12.7 Å². The van der Waals surface area contributed by atoms with Gasteiger partial charge in [-0.1, -0.05) is 12.1 Å². The molecule has 4 rings (SSSR count). The number of halogens is 1. The second-order valence-electron chi connectivity index (χ2n) is 6.89. The predicted octanol–water partition coefficient (Wildman–Crippen LogP) is 4.07. The summed E-state index contributed by atoms with van der Waals surface area (Å²) < 4.78 is 16.0. The van der Waals surface area contributed by atoms with E-state index in [0.29, 0.717) is 24.0 Å². The van der Waals surface area contributed by atoms with E-state index in [9.17, 15) is 14.3 Å². The minimum Gasteiger partial charge on any atom is -0.481 e. The van der Waals surface area contributed by atoms with Crippen molar-refractivity contribution in [3.8, 4) is 0 Å². The SMILES string of the molecule is Cc1c(F)cccc1C1(C(=O)O)CCC(c2ccn3ccnc3c2)C1. The molecule has 3 aromatic rings. The first-order valence-electron chi connectivity index (χ1n) is 8.43. The molecule has 2 aromatic heterocycles. The number of aliphatic carboxylic acids is 1. The van der Waals surface area contributed by atoms with Gasteiger partial charge in [-0.05, 0) is 67.0 Å². The van der Waals surface area contributed by atoms with Gasteiger partial charge in [-0.2, -0.15) is 0 Å². The van der Waals surface area contributed by atoms with Crippen molar-refractivity contribution in [2.24, 2.45) is 0 Å². The number of nitrogens with zero attached hydrogens (tertiary/aromatic N) is 2. The van der Waals surface area contributed by atoms with Crippen LogP contribution in [0.4, 0.5) is 4.39 Å². The predicted molar refractivity (Wildman–Crippen MR) is 92.2 cm³/mol. The molecule has 0 amide bonds. The lowest BCUT2D eigenvalue weighted by Crippen LogP contribution is -2.34. The maximum absolute atomic E-state index is 14.0. The number of hydrogen-bond acceptors (Lipinski definition) is 2. The number of pyridine rings is 1. The van der Waals surface area contributed by atoms with E-state index >= 15 is 0 Å². The van der Waals surface area contributed by atoms with E-state index in [1.165, 1.54) is 6.07 Å². The Labute approximate surface area is 144 Å². The highest BCUT2D eigenvalue weighted by Crippen LogP contribution is 2.49. The monoisotopic (exact) mass is 338 g/mol. The van der Waals surface area contributed by atoms with E-state index in [0.717, 1.165) is 17.6 Å². The van der Waals surface area contributed by atoms with Crippen molar-refractivity contribution in [1.29, 1.82) is 0 Å². The zero-order chi connectivity index (χ0) is 17.6. The van der Waals surface area contributed by atoms with Crippen LogP contribution >= 0.6 is 0 Å². The van der Waals surface area contributed by atoms with Crippen molar-refractivity contribution in [3.63, 3.8) is 0 Å². The van der Waals surface area contributed by atoms with Gasteiger partial charge in [0.1, 0.15) is 11.5 Å². The van der Waals surface area contributed by atoms with Crippen molar-refractivity contribution < 1.29 is 14.3 Å². The molecule has 0 aliphatic heterocycles. The molecule has 128 valence electrons. The molecular formula is C20H19FN2O2. The molecule has 2 unspecified atom stereocenters. The molecule has 0 spiro atoms. The minimum absolute atomic E-state index is 0.125. The van der Waals surface area contributed by atoms with Crippen LogP contribution in [0.5, 0.6) is 0 Å². The van der Waals surface area contributed by atoms with Crippen LogP contribution in [0.3, 0.4) is 0 Å². The van der Waals surface area contributed by atoms with Gasteiger partial charge >= 0.3 is 5.97 Å². The second-order valence-corrected chi connectivity index (χ2v) is 6.89. The molecule has 4 nitrogen and oxygen atoms in total. The van der Waals surface area contributed by atoms with Gasteiger partial charge in [0, 0.05) is 18.6 Å². The molecule has 1 aromatic carbocycles. The fourth-order valence-corrected chi connectivity index (χ4v) is 4.19. The van der Waals surface area contributed by atoms with Gasteiger partial charge in [0.15, 0.2) is 0 Å². The Morgan fingerprint density at radius 2 is 2.20 bits per heavy atom. The summed E-state index contributed by atoms with van der Waals surface area (Å²) in [6.45, 7) is 1.67. The molecule has 2 atom stereocenters. The smallest absolute Gasteiger partial charge is 0.314 e. The lowest BCUT2D eigenvalue weighted by atomic mass is 9.75. The third-order valence-electron chi connectivity index (χ3n) is 5.60. The number of benzene rings is 1. The molecule has 1 saturated carbocycles. The first-order chi connectivity index (χ1) is 12.0. The van der Waals surface area contributed by atoms with Crippen molar-refractivity contribution in [1.82, 2.24) is 9.38 Å². The Morgan fingerprint density at radius 3 is 3.00 bits per heavy atom. The number of fused-ring (bicyclic) bond motifs is 1. The topological polar surface area (TPSA) is 54.6 Å². The van der Waals surface area contributed by atoms with Gasteiger partial charge in [-0.3, -0.25) is 4.79 Å². The summed E-state index contributed by atoms with van der Waals surface area (Å²) in [7, 11) is 0. The number of aromatic nitrogens is 2. The summed E-state index contributed by atoms with van der Waals surface area (Å²) in [6, 6.07) is 8.78. The summed E-state index contributed by atoms with van der Waals surface area (Å²) >= 11 is 0. The number of rotatable bonds is 3. The molecule has 5 heteroatoms. The van der Waals surface area contributed by atoms with Gasteiger partial charge < -0.3 is 9.51 Å². The third-order valence-corrected chi connectivity index (χ3v) is 5.60. The molecule has 1 aliphatic rings. The van der Waals surface area contributed by atoms with E-state index in [-0.39, 0.29) is 11.7 Å². The van der Waals surface area contributed by atoms with Gasteiger partial charge in [-0.15, -0.1) is 0 Å². The van der Waals surface area contributed by atoms with E-state index in [2.05, 4.69) is 4.98 Å². The van der Waals surface area contributed by atoms with Crippen LogP contribution < -0.4 is 0 Å². The average molecular weight is 338 g/mol. The Balaban J connectivity index is 1.74. The van der Waals surface area contributed by atoms with Crippen molar-refractivity contribution in [3.05, 3.63) is 71.4 Å². The third kappa shape index (κ3) is 2.42. The molecule has 2 heterocycles. The van der Waals surface area contributed by atoms with Crippen LogP contribution in [0.15, 0.2) is 48.9 Å². The first kappa shape index (κ1) is 15.8. The van der Waals surface area contributed by atoms with Crippen LogP contribution in [-0.2, 0) is 10.2 Å². The fraction of sp³-hybridized carbons (Fsp3) is 0.300. The molecule has 0 bridgehead atoms. The van der Waals surface area contributed by atoms with Crippen LogP contribution in [0.25, 0.3) is 5.65 Å². The van der Waals surface area contributed by atoms with Crippen LogP contribution in [-0.4, -0.2) is 20.5 Å². The number of carbonyl (C=O) groups is 1. The molecular weight excluding hydrogens is 319 g/mol. The van der Waals surface area contributed by atoms with Gasteiger partial charge in [-0.25, -0.2) is 9.37 Å². The second kappa shape index (κ2) is 5.69. The lowest BCUT2D eigenvalue weighted by Gasteiger charge is -2.27. The Hall–Kier alpha value is -2.69. The minimum atomic E-state index is -1.03. The molecule has 25 heavy (non-hydrogen) atoms. The van der Waals surface area contributed by atoms with Gasteiger partial charge in [0.2, 0.25) is 0 Å². The maximum Gasteiger partial charge on any atom is 0.314 e. The molecule has 0 radical (unpaired) electrons. The van der Waals surface area contributed by atoms with Crippen molar-refractivity contribution in [2.75, 3.05) is 0 Å². The highest BCUT2D eigenvalue weighted by atomic mass is 19.1. The molecule has 1 aliphatic carbocycles. The summed E-state index contributed by atoms with van der Waals surface area (Å²) in [5.74, 6) is -1.09. The zero-order valence-electron chi connectivity index (χ0n) is 13.9. The van der Waals surface area contributed by atoms with Crippen LogP contribution in [0.1, 0.15) is 41.9 Å². The highest BCUT2D eigenvalue weighted by molar-refractivity contribution is 5.82. The summed E-state index contributed by atoms with van der Waals surface area (Å²) in [5.41, 5.74) is 1.96. The Kier molecular flexibility index (Phi) is 3.60. The van der Waals surface area contributed by atoms with Crippen LogP contribution in [0.2, 0.25) is 0 Å². The normalized spacial score (nSPS) is 23.2. The summed E-state index contributed by atoms with van der Waals surface area (Å²) in [4.78, 5) is 16.5. The van der Waals surface area contributed by atoms with Gasteiger partial charge in [0.25, 0.3) is 0 Å². The van der Waals surface area contributed by atoms with E-state index in [1.54, 1.807) is 25.3 Å². The quantitative estimate of drug-likeness (QED) is 0.783. The summed E-state index contributed by atoms with van der Waals surface area (Å²) in [6.07, 6.45) is 7.32. The standard InChI is InChI=1S/C20H19FN2O2/c1-13-16(3-2-4-17(13)21)20(19(24)25)7-5-15(12-20)14-6-9-23-10-8-22-18(23)11-14/h2-4,6,8-11,15H,5,7,12H2,1H3,(H,24,25). The van der Waals surface area contributed by atoms with E-state index < -0.39 is 11.4 Å². The highest BCUT2D eigenvalue weighted by Gasteiger charge is 2.48. The summed E-state index contributed by atoms with van der Waals surface area (Å²) in [5, 5.41) is 10.00. The number of imidazole rings is 1.